The van der Waals surface area contributed by atoms with Gasteiger partial charge in [0.15, 0.2) is 0 Å². The molecule has 2 aliphatic rings. The van der Waals surface area contributed by atoms with Crippen molar-refractivity contribution >= 4 is 11.3 Å². The van der Waals surface area contributed by atoms with Gasteiger partial charge in [-0.2, -0.15) is 0 Å². The molecule has 1 N–H and O–H groups in total. The van der Waals surface area contributed by atoms with Crippen molar-refractivity contribution in [3.8, 4) is 0 Å². The molecule has 2 aliphatic carbocycles. The van der Waals surface area contributed by atoms with E-state index >= 15 is 0 Å². The van der Waals surface area contributed by atoms with E-state index in [9.17, 15) is 0 Å². The molecular formula is C16H26N2S. The fourth-order valence-electron chi connectivity index (χ4n) is 2.70. The van der Waals surface area contributed by atoms with Gasteiger partial charge >= 0.3 is 0 Å². The lowest BCUT2D eigenvalue weighted by Gasteiger charge is -2.21. The van der Waals surface area contributed by atoms with Gasteiger partial charge in [-0.1, -0.05) is 6.92 Å². The first-order valence-electron chi connectivity index (χ1n) is 7.82. The SMILES string of the molecule is CCCN(Cc1cc(CNC2CC2)sc1C)C1CC1. The van der Waals surface area contributed by atoms with E-state index in [1.165, 1.54) is 54.9 Å². The molecule has 1 aromatic heterocycles. The first kappa shape index (κ1) is 13.6. The van der Waals surface area contributed by atoms with Crippen molar-refractivity contribution in [3.05, 3.63) is 21.4 Å². The molecule has 0 bridgehead atoms. The molecule has 0 spiro atoms. The number of hydrogen-bond acceptors (Lipinski definition) is 3. The second-order valence-electron chi connectivity index (χ2n) is 6.15. The Hall–Kier alpha value is -0.380. The highest BCUT2D eigenvalue weighted by Crippen LogP contribution is 2.31. The topological polar surface area (TPSA) is 15.3 Å². The van der Waals surface area contributed by atoms with Crippen LogP contribution in [0.25, 0.3) is 0 Å². The standard InChI is InChI=1S/C16H26N2S/c1-3-8-18(15-6-7-15)11-13-9-16(19-12(13)2)10-17-14-4-5-14/h9,14-15,17H,3-8,10-11H2,1-2H3. The fourth-order valence-corrected chi connectivity index (χ4v) is 3.71. The summed E-state index contributed by atoms with van der Waals surface area (Å²) in [6.45, 7) is 8.09. The molecule has 3 heteroatoms. The molecule has 2 saturated carbocycles. The molecule has 2 nitrogen and oxygen atoms in total. The Kier molecular flexibility index (Phi) is 4.25. The van der Waals surface area contributed by atoms with Crippen molar-refractivity contribution in [2.75, 3.05) is 6.54 Å². The molecule has 106 valence electrons. The van der Waals surface area contributed by atoms with E-state index in [4.69, 9.17) is 0 Å². The molecule has 0 radical (unpaired) electrons. The molecule has 1 aromatic rings. The maximum absolute atomic E-state index is 3.62. The van der Waals surface area contributed by atoms with Crippen LogP contribution in [0, 0.1) is 6.92 Å². The zero-order chi connectivity index (χ0) is 13.2. The summed E-state index contributed by atoms with van der Waals surface area (Å²) < 4.78 is 0. The Morgan fingerprint density at radius 3 is 2.74 bits per heavy atom. The lowest BCUT2D eigenvalue weighted by Crippen LogP contribution is -2.26. The molecule has 2 fully saturated rings. The Balaban J connectivity index is 1.58. The Labute approximate surface area is 121 Å². The summed E-state index contributed by atoms with van der Waals surface area (Å²) in [5.41, 5.74) is 1.57. The van der Waals surface area contributed by atoms with Crippen molar-refractivity contribution in [3.63, 3.8) is 0 Å². The number of thiophene rings is 1. The summed E-state index contributed by atoms with van der Waals surface area (Å²) in [6, 6.07) is 4.14. The van der Waals surface area contributed by atoms with Gasteiger partial charge in [-0.25, -0.2) is 0 Å². The maximum atomic E-state index is 3.62. The van der Waals surface area contributed by atoms with Gasteiger partial charge in [0.05, 0.1) is 0 Å². The van der Waals surface area contributed by atoms with Gasteiger partial charge in [0, 0.05) is 34.9 Å². The Morgan fingerprint density at radius 1 is 1.32 bits per heavy atom. The minimum absolute atomic E-state index is 0.814. The first-order valence-corrected chi connectivity index (χ1v) is 8.63. The molecule has 19 heavy (non-hydrogen) atoms. The first-order chi connectivity index (χ1) is 9.26. The van der Waals surface area contributed by atoms with Crippen LogP contribution >= 0.6 is 11.3 Å². The third-order valence-electron chi connectivity index (χ3n) is 4.16. The molecule has 1 heterocycles. The van der Waals surface area contributed by atoms with Gasteiger partial charge in [-0.05, 0) is 57.2 Å². The van der Waals surface area contributed by atoms with Crippen molar-refractivity contribution in [2.24, 2.45) is 0 Å². The summed E-state index contributed by atoms with van der Waals surface area (Å²) in [4.78, 5) is 5.73. The quantitative estimate of drug-likeness (QED) is 0.780. The molecule has 0 saturated heterocycles. The van der Waals surface area contributed by atoms with E-state index in [1.54, 1.807) is 5.56 Å². The highest BCUT2D eigenvalue weighted by atomic mass is 32.1. The Morgan fingerprint density at radius 2 is 2.11 bits per heavy atom. The number of aryl methyl sites for hydroxylation is 1. The highest BCUT2D eigenvalue weighted by Gasteiger charge is 2.28. The fraction of sp³-hybridized carbons (Fsp3) is 0.750. The third kappa shape index (κ3) is 3.80. The number of rotatable bonds is 8. The van der Waals surface area contributed by atoms with Gasteiger partial charge < -0.3 is 5.32 Å². The van der Waals surface area contributed by atoms with Gasteiger partial charge in [0.25, 0.3) is 0 Å². The lowest BCUT2D eigenvalue weighted by molar-refractivity contribution is 0.255. The minimum Gasteiger partial charge on any atom is -0.309 e. The third-order valence-corrected chi connectivity index (χ3v) is 5.25. The van der Waals surface area contributed by atoms with Crippen molar-refractivity contribution in [1.82, 2.24) is 10.2 Å². The van der Waals surface area contributed by atoms with Crippen LogP contribution in [0.1, 0.15) is 54.3 Å². The normalized spacial score (nSPS) is 19.3. The summed E-state index contributed by atoms with van der Waals surface area (Å²) in [5, 5.41) is 3.62. The zero-order valence-corrected chi connectivity index (χ0v) is 13.1. The maximum Gasteiger partial charge on any atom is 0.0302 e. The van der Waals surface area contributed by atoms with Crippen LogP contribution in [0.2, 0.25) is 0 Å². The average Bonchev–Trinajstić information content (AvgIpc) is 3.27. The van der Waals surface area contributed by atoms with Gasteiger partial charge in [0.1, 0.15) is 0 Å². The second kappa shape index (κ2) is 5.94. The van der Waals surface area contributed by atoms with E-state index in [0.717, 1.165) is 18.6 Å². The molecule has 0 amide bonds. The van der Waals surface area contributed by atoms with E-state index in [1.807, 2.05) is 11.3 Å². The molecule has 0 atom stereocenters. The summed E-state index contributed by atoms with van der Waals surface area (Å²) in [5.74, 6) is 0. The lowest BCUT2D eigenvalue weighted by atomic mass is 10.2. The van der Waals surface area contributed by atoms with Crippen molar-refractivity contribution < 1.29 is 0 Å². The zero-order valence-electron chi connectivity index (χ0n) is 12.2. The van der Waals surface area contributed by atoms with E-state index in [0.29, 0.717) is 0 Å². The smallest absolute Gasteiger partial charge is 0.0302 e. The van der Waals surface area contributed by atoms with Crippen molar-refractivity contribution in [1.29, 1.82) is 0 Å². The van der Waals surface area contributed by atoms with E-state index < -0.39 is 0 Å². The highest BCUT2D eigenvalue weighted by molar-refractivity contribution is 7.12. The summed E-state index contributed by atoms with van der Waals surface area (Å²) >= 11 is 1.99. The van der Waals surface area contributed by atoms with Crippen LogP contribution < -0.4 is 5.32 Å². The molecule has 0 aromatic carbocycles. The number of nitrogens with zero attached hydrogens (tertiary/aromatic N) is 1. The van der Waals surface area contributed by atoms with Crippen LogP contribution in [0.5, 0.6) is 0 Å². The predicted molar refractivity (Wildman–Crippen MR) is 82.6 cm³/mol. The molecule has 0 aliphatic heterocycles. The largest absolute Gasteiger partial charge is 0.309 e. The molecular weight excluding hydrogens is 252 g/mol. The summed E-state index contributed by atoms with van der Waals surface area (Å²) in [6.07, 6.45) is 6.86. The van der Waals surface area contributed by atoms with Gasteiger partial charge in [-0.15, -0.1) is 11.3 Å². The summed E-state index contributed by atoms with van der Waals surface area (Å²) in [7, 11) is 0. The number of nitrogens with one attached hydrogen (secondary N) is 1. The molecule has 3 rings (SSSR count). The Bertz CT molecular complexity index is 418. The van der Waals surface area contributed by atoms with E-state index in [-0.39, 0.29) is 0 Å². The van der Waals surface area contributed by atoms with Gasteiger partial charge in [-0.3, -0.25) is 4.90 Å². The predicted octanol–water partition coefficient (Wildman–Crippen LogP) is 3.68. The molecule has 0 unspecified atom stereocenters. The average molecular weight is 278 g/mol. The van der Waals surface area contributed by atoms with Crippen LogP contribution in [0.3, 0.4) is 0 Å². The van der Waals surface area contributed by atoms with Crippen LogP contribution in [0.4, 0.5) is 0 Å². The number of hydrogen-bond donors (Lipinski definition) is 1. The monoisotopic (exact) mass is 278 g/mol. The van der Waals surface area contributed by atoms with Crippen molar-refractivity contribution in [2.45, 2.75) is 71.1 Å². The van der Waals surface area contributed by atoms with Crippen LogP contribution in [-0.2, 0) is 13.1 Å². The van der Waals surface area contributed by atoms with Crippen LogP contribution in [0.15, 0.2) is 6.07 Å². The second-order valence-corrected chi connectivity index (χ2v) is 7.49. The minimum atomic E-state index is 0.814. The van der Waals surface area contributed by atoms with E-state index in [2.05, 4.69) is 30.1 Å². The van der Waals surface area contributed by atoms with Gasteiger partial charge in [0.2, 0.25) is 0 Å². The van der Waals surface area contributed by atoms with Crippen LogP contribution in [-0.4, -0.2) is 23.5 Å².